The molecule has 0 radical (unpaired) electrons. The highest BCUT2D eigenvalue weighted by Gasteiger charge is 2.29. The van der Waals surface area contributed by atoms with Crippen LogP contribution >= 0.6 is 23.1 Å². The molecule has 5 nitrogen and oxygen atoms in total. The summed E-state index contributed by atoms with van der Waals surface area (Å²) in [5, 5.41) is 2.48. The Labute approximate surface area is 186 Å². The molecule has 0 saturated heterocycles. The highest BCUT2D eigenvalue weighted by atomic mass is 32.2. The fourth-order valence-electron chi connectivity index (χ4n) is 3.53. The summed E-state index contributed by atoms with van der Waals surface area (Å²) in [4.78, 5) is 42.9. The molecule has 5 rings (SSSR count). The summed E-state index contributed by atoms with van der Waals surface area (Å²) in [6.07, 6.45) is 0. The minimum Gasteiger partial charge on any atom is -0.325 e. The number of carbonyl (C=O) groups excluding carboxylic acids is 3. The van der Waals surface area contributed by atoms with Crippen LogP contribution in [0.5, 0.6) is 0 Å². The van der Waals surface area contributed by atoms with E-state index in [0.29, 0.717) is 27.9 Å². The maximum Gasteiger partial charge on any atom is 0.237 e. The van der Waals surface area contributed by atoms with Crippen molar-refractivity contribution in [2.24, 2.45) is 0 Å². The highest BCUT2D eigenvalue weighted by molar-refractivity contribution is 8.02. The molecule has 3 aromatic carbocycles. The zero-order chi connectivity index (χ0) is 21.5. The molecule has 1 N–H and O–H groups in total. The third-order valence-electron chi connectivity index (χ3n) is 5.11. The van der Waals surface area contributed by atoms with Crippen LogP contribution in [0.25, 0.3) is 10.2 Å². The molecule has 1 aliphatic rings. The van der Waals surface area contributed by atoms with E-state index in [1.807, 2.05) is 31.2 Å². The quantitative estimate of drug-likeness (QED) is 0.386. The molecule has 1 unspecified atom stereocenters. The Morgan fingerprint density at radius 3 is 2.29 bits per heavy atom. The number of hydrogen-bond donors (Lipinski definition) is 1. The number of nitrogens with zero attached hydrogens (tertiary/aromatic N) is 1. The molecular weight excluding hydrogens is 428 g/mol. The first-order chi connectivity index (χ1) is 15.0. The van der Waals surface area contributed by atoms with Gasteiger partial charge in [0.15, 0.2) is 15.9 Å². The minimum absolute atomic E-state index is 0.178. The summed E-state index contributed by atoms with van der Waals surface area (Å²) in [5.41, 5.74) is 2.88. The predicted molar refractivity (Wildman–Crippen MR) is 123 cm³/mol. The van der Waals surface area contributed by atoms with Crippen LogP contribution in [-0.4, -0.2) is 27.7 Å². The van der Waals surface area contributed by atoms with Crippen molar-refractivity contribution in [3.05, 3.63) is 89.0 Å². The topological polar surface area (TPSA) is 76.1 Å². The van der Waals surface area contributed by atoms with Gasteiger partial charge in [0.25, 0.3) is 0 Å². The Morgan fingerprint density at radius 1 is 0.903 bits per heavy atom. The lowest BCUT2D eigenvalue weighted by molar-refractivity contribution is -0.115. The van der Waals surface area contributed by atoms with Gasteiger partial charge in [-0.15, -0.1) is 11.3 Å². The van der Waals surface area contributed by atoms with Crippen LogP contribution < -0.4 is 5.32 Å². The molecule has 1 aromatic heterocycles. The van der Waals surface area contributed by atoms with E-state index in [1.165, 1.54) is 11.8 Å². The smallest absolute Gasteiger partial charge is 0.237 e. The van der Waals surface area contributed by atoms with E-state index in [2.05, 4.69) is 10.3 Å². The second-order valence-electron chi connectivity index (χ2n) is 7.16. The maximum atomic E-state index is 12.9. The Bertz CT molecular complexity index is 1340. The van der Waals surface area contributed by atoms with Crippen LogP contribution in [0.1, 0.15) is 38.8 Å². The summed E-state index contributed by atoms with van der Waals surface area (Å²) >= 11 is 2.94. The van der Waals surface area contributed by atoms with Crippen molar-refractivity contribution >= 4 is 56.5 Å². The van der Waals surface area contributed by atoms with Crippen molar-refractivity contribution in [3.8, 4) is 0 Å². The number of fused-ring (bicyclic) bond motifs is 3. The predicted octanol–water partition coefficient (Wildman–Crippen LogP) is 5.19. The molecule has 152 valence electrons. The third-order valence-corrected chi connectivity index (χ3v) is 7.34. The number of thiazole rings is 1. The monoisotopic (exact) mass is 444 g/mol. The second-order valence-corrected chi connectivity index (χ2v) is 9.78. The molecule has 7 heteroatoms. The summed E-state index contributed by atoms with van der Waals surface area (Å²) in [6, 6.07) is 19.5. The van der Waals surface area contributed by atoms with Crippen LogP contribution in [0.15, 0.2) is 71.1 Å². The van der Waals surface area contributed by atoms with Crippen molar-refractivity contribution in [1.29, 1.82) is 0 Å². The van der Waals surface area contributed by atoms with Gasteiger partial charge in [0.1, 0.15) is 0 Å². The molecule has 4 aromatic rings. The number of nitrogens with one attached hydrogen (secondary N) is 1. The van der Waals surface area contributed by atoms with Gasteiger partial charge >= 0.3 is 0 Å². The fraction of sp³-hybridized carbons (Fsp3) is 0.0833. The second kappa shape index (κ2) is 7.76. The molecule has 0 bridgehead atoms. The molecule has 1 atom stereocenters. The van der Waals surface area contributed by atoms with Gasteiger partial charge in [-0.05, 0) is 37.3 Å². The van der Waals surface area contributed by atoms with Gasteiger partial charge in [0, 0.05) is 27.9 Å². The van der Waals surface area contributed by atoms with E-state index >= 15 is 0 Å². The van der Waals surface area contributed by atoms with Gasteiger partial charge in [-0.1, -0.05) is 48.2 Å². The van der Waals surface area contributed by atoms with E-state index in [0.717, 1.165) is 14.6 Å². The summed E-state index contributed by atoms with van der Waals surface area (Å²) in [5.74, 6) is -0.583. The molecule has 31 heavy (non-hydrogen) atoms. The van der Waals surface area contributed by atoms with Gasteiger partial charge in [0.05, 0.1) is 15.5 Å². The van der Waals surface area contributed by atoms with E-state index < -0.39 is 0 Å². The van der Waals surface area contributed by atoms with Gasteiger partial charge in [-0.2, -0.15) is 0 Å². The SMILES string of the molecule is CC(Sc1nc2ccccc2s1)C(=O)Nc1ccc2c(c1)C(=O)c1ccccc1C2=O. The average Bonchev–Trinajstić information content (AvgIpc) is 3.19. The third kappa shape index (κ3) is 3.56. The van der Waals surface area contributed by atoms with E-state index in [1.54, 1.807) is 53.8 Å². The van der Waals surface area contributed by atoms with Crippen molar-refractivity contribution in [1.82, 2.24) is 4.98 Å². The number of carbonyl (C=O) groups is 3. The first kappa shape index (κ1) is 19.7. The zero-order valence-electron chi connectivity index (χ0n) is 16.4. The maximum absolute atomic E-state index is 12.9. The van der Waals surface area contributed by atoms with E-state index in [4.69, 9.17) is 0 Å². The molecular formula is C24H16N2O3S2. The summed E-state index contributed by atoms with van der Waals surface area (Å²) in [7, 11) is 0. The average molecular weight is 445 g/mol. The summed E-state index contributed by atoms with van der Waals surface area (Å²) in [6.45, 7) is 1.81. The van der Waals surface area contributed by atoms with Crippen molar-refractivity contribution in [2.75, 3.05) is 5.32 Å². The Hall–Kier alpha value is -3.29. The number of rotatable bonds is 4. The van der Waals surface area contributed by atoms with Gasteiger partial charge in [-0.3, -0.25) is 14.4 Å². The van der Waals surface area contributed by atoms with E-state index in [-0.39, 0.29) is 22.7 Å². The van der Waals surface area contributed by atoms with Gasteiger partial charge in [0.2, 0.25) is 5.91 Å². The van der Waals surface area contributed by atoms with Crippen LogP contribution in [-0.2, 0) is 4.79 Å². The number of benzene rings is 3. The largest absolute Gasteiger partial charge is 0.325 e. The first-order valence-corrected chi connectivity index (χ1v) is 11.4. The van der Waals surface area contributed by atoms with Gasteiger partial charge in [-0.25, -0.2) is 4.98 Å². The number of anilines is 1. The number of ketones is 2. The van der Waals surface area contributed by atoms with Crippen LogP contribution in [0.3, 0.4) is 0 Å². The molecule has 1 amide bonds. The molecule has 0 saturated carbocycles. The molecule has 0 aliphatic heterocycles. The minimum atomic E-state index is -0.380. The Kier molecular flexibility index (Phi) is 4.92. The normalized spacial score (nSPS) is 13.6. The lowest BCUT2D eigenvalue weighted by atomic mass is 9.84. The Morgan fingerprint density at radius 2 is 1.55 bits per heavy atom. The number of thioether (sulfide) groups is 1. The van der Waals surface area contributed by atoms with Crippen molar-refractivity contribution in [2.45, 2.75) is 16.5 Å². The standard InChI is InChI=1S/C24H16N2O3S2/c1-13(30-24-26-19-8-4-5-9-20(19)31-24)23(29)25-14-10-11-17-18(12-14)22(28)16-7-3-2-6-15(16)21(17)27/h2-13H,1H3,(H,25,29). The van der Waals surface area contributed by atoms with Crippen LogP contribution in [0, 0.1) is 0 Å². The molecule has 1 aliphatic carbocycles. The molecule has 1 heterocycles. The Balaban J connectivity index is 1.35. The number of aromatic nitrogens is 1. The fourth-order valence-corrected chi connectivity index (χ4v) is 5.74. The number of hydrogen-bond acceptors (Lipinski definition) is 6. The van der Waals surface area contributed by atoms with E-state index in [9.17, 15) is 14.4 Å². The van der Waals surface area contributed by atoms with Crippen molar-refractivity contribution < 1.29 is 14.4 Å². The lowest BCUT2D eigenvalue weighted by Crippen LogP contribution is -2.24. The number of para-hydroxylation sites is 1. The van der Waals surface area contributed by atoms with Crippen LogP contribution in [0.2, 0.25) is 0 Å². The molecule has 0 spiro atoms. The van der Waals surface area contributed by atoms with Gasteiger partial charge < -0.3 is 5.32 Å². The lowest BCUT2D eigenvalue weighted by Gasteiger charge is -2.18. The summed E-state index contributed by atoms with van der Waals surface area (Å²) < 4.78 is 1.91. The zero-order valence-corrected chi connectivity index (χ0v) is 18.0. The highest BCUT2D eigenvalue weighted by Crippen LogP contribution is 2.33. The van der Waals surface area contributed by atoms with Crippen LogP contribution in [0.4, 0.5) is 5.69 Å². The molecule has 0 fully saturated rings. The first-order valence-electron chi connectivity index (χ1n) is 9.67. The number of amides is 1. The van der Waals surface area contributed by atoms with Crippen molar-refractivity contribution in [3.63, 3.8) is 0 Å².